The average molecular weight is 1930 g/mol. The monoisotopic (exact) mass is 1930 g/mol. The van der Waals surface area contributed by atoms with Gasteiger partial charge in [0, 0.05) is 50.7 Å². The first-order valence-corrected chi connectivity index (χ1v) is 48.5. The van der Waals surface area contributed by atoms with Gasteiger partial charge in [0.15, 0.2) is 23.3 Å². The molecule has 1 atom stereocenters. The van der Waals surface area contributed by atoms with Crippen molar-refractivity contribution in [3.8, 4) is 91.1 Å². The summed E-state index contributed by atoms with van der Waals surface area (Å²) in [5.74, 6) is -2.15. The van der Waals surface area contributed by atoms with Crippen LogP contribution in [0.5, 0.6) is 23.0 Å². The van der Waals surface area contributed by atoms with E-state index in [1.165, 1.54) is 46.6 Å². The summed E-state index contributed by atoms with van der Waals surface area (Å²) in [6.45, 7) is 52.4. The summed E-state index contributed by atoms with van der Waals surface area (Å²) in [7, 11) is 1.70. The Morgan fingerprint density at radius 3 is 1.46 bits per heavy atom. The number of hydrogen-bond donors (Lipinski definition) is 4. The first-order chi connectivity index (χ1) is 67.0. The number of nitrogens with zero attached hydrogens (tertiary/aromatic N) is 8. The molecule has 15 nitrogen and oxygen atoms in total. The van der Waals surface area contributed by atoms with Gasteiger partial charge in [0.05, 0.1) is 58.3 Å². The number of aromatic hydroxyl groups is 3. The average Bonchev–Trinajstić information content (AvgIpc) is 1.18. The van der Waals surface area contributed by atoms with Crippen LogP contribution in [-0.2, 0) is 27.1 Å². The molecule has 4 heterocycles. The Kier molecular flexibility index (Phi) is 33.9. The van der Waals surface area contributed by atoms with Crippen LogP contribution in [0.3, 0.4) is 0 Å². The second-order valence-electron chi connectivity index (χ2n) is 42.1. The molecule has 0 spiro atoms. The predicted octanol–water partition coefficient (Wildman–Crippen LogP) is 33.8. The molecule has 20 heteroatoms. The second-order valence-corrected chi connectivity index (χ2v) is 42.5. The van der Waals surface area contributed by atoms with Gasteiger partial charge >= 0.3 is 0 Å². The number of rotatable bonds is 19. The van der Waals surface area contributed by atoms with Crippen LogP contribution in [0.15, 0.2) is 280 Å². The van der Waals surface area contributed by atoms with Gasteiger partial charge in [0.1, 0.15) is 34.2 Å². The number of methoxy groups -OCH3 is 1. The Morgan fingerprint density at radius 1 is 0.408 bits per heavy atom. The maximum atomic E-state index is 14.0. The van der Waals surface area contributed by atoms with Gasteiger partial charge in [-0.3, -0.25) is 15.0 Å². The van der Waals surface area contributed by atoms with Gasteiger partial charge in [-0.15, -0.1) is 0 Å². The molecule has 0 bridgehead atoms. The van der Waals surface area contributed by atoms with Crippen molar-refractivity contribution in [2.24, 2.45) is 9.98 Å². The highest BCUT2D eigenvalue weighted by Crippen LogP contribution is 2.47. The van der Waals surface area contributed by atoms with Crippen LogP contribution < -0.4 is 10.1 Å². The van der Waals surface area contributed by atoms with E-state index in [4.69, 9.17) is 35.4 Å². The zero-order valence-electron chi connectivity index (χ0n) is 86.4. The van der Waals surface area contributed by atoms with E-state index in [-0.39, 0.29) is 61.8 Å². The number of halogens is 5. The molecule has 736 valence electrons. The van der Waals surface area contributed by atoms with Crippen molar-refractivity contribution < 1.29 is 46.7 Å². The third kappa shape index (κ3) is 25.8. The summed E-state index contributed by atoms with van der Waals surface area (Å²) in [6, 6.07) is 86.0. The van der Waals surface area contributed by atoms with Crippen molar-refractivity contribution in [2.75, 3.05) is 12.4 Å². The van der Waals surface area contributed by atoms with Gasteiger partial charge < -0.3 is 34.4 Å². The zero-order valence-corrected chi connectivity index (χ0v) is 87.2. The topological polar surface area (TPSA) is 210 Å². The minimum absolute atomic E-state index is 0.0611. The molecule has 0 fully saturated rings. The van der Waals surface area contributed by atoms with Crippen LogP contribution in [0, 0.1) is 37.1 Å². The number of benzene rings is 12. The normalized spacial score (nSPS) is 12.2. The molecule has 16 rings (SSSR count). The lowest BCUT2D eigenvalue weighted by atomic mass is 9.79. The molecule has 142 heavy (non-hydrogen) atoms. The molecule has 0 radical (unpaired) electrons. The number of ether oxygens (including phenoxy) is 1. The molecular formula is C122H132ClF4N9O6. The van der Waals surface area contributed by atoms with Crippen molar-refractivity contribution >= 4 is 52.0 Å². The van der Waals surface area contributed by atoms with E-state index in [0.29, 0.717) is 68.4 Å². The van der Waals surface area contributed by atoms with Crippen molar-refractivity contribution in [1.29, 1.82) is 0 Å². The summed E-state index contributed by atoms with van der Waals surface area (Å²) >= 11 is 6.37. The molecule has 0 aliphatic rings. The SMILES string of the molecule is CC(C)(C)c1cc(-c2noc(-c3ccccc3)n2)c(O)c(C(C)(C)C)c1.CC(C)c1cccc(C(C)C)c1N=Cc1ccc2cccc(O)c2n1.COc1ccccc1-c1cccc(C(Nc2c(C(C)C)cccc2C(C)C)c2ccccc2)n1.Cc1c(F)c(F)c(F)c(F)c1N=Cc1cc(C(C)(C)C)cc(C(C)(C)C)c1.Cc1cccc(Cl)c1-c1noc(-c2cc(C(C)(C)C)cc(-c3ccccc3)c2O)n1. The fraction of sp³-hybridized carbons (Fsp3) is 0.295. The van der Waals surface area contributed by atoms with Crippen molar-refractivity contribution in [3.05, 3.63) is 373 Å². The summed E-state index contributed by atoms with van der Waals surface area (Å²) in [6.07, 6.45) is 3.14. The largest absolute Gasteiger partial charge is 0.507 e. The molecule has 0 aliphatic carbocycles. The number of phenols is 3. The van der Waals surface area contributed by atoms with Gasteiger partial charge in [-0.25, -0.2) is 22.5 Å². The van der Waals surface area contributed by atoms with E-state index in [0.717, 1.165) is 95.1 Å². The van der Waals surface area contributed by atoms with Crippen molar-refractivity contribution in [2.45, 2.75) is 230 Å². The van der Waals surface area contributed by atoms with E-state index in [9.17, 15) is 32.9 Å². The van der Waals surface area contributed by atoms with Crippen LogP contribution in [-0.4, -0.2) is 65.1 Å². The Hall–Kier alpha value is -14.2. The lowest BCUT2D eigenvalue weighted by Gasteiger charge is -2.27. The first-order valence-electron chi connectivity index (χ1n) is 48.1. The minimum Gasteiger partial charge on any atom is -0.507 e. The fourth-order valence-electron chi connectivity index (χ4n) is 16.3. The van der Waals surface area contributed by atoms with E-state index in [1.54, 1.807) is 25.5 Å². The predicted molar refractivity (Wildman–Crippen MR) is 575 cm³/mol. The van der Waals surface area contributed by atoms with Crippen molar-refractivity contribution in [1.82, 2.24) is 30.2 Å². The molecule has 1 unspecified atom stereocenters. The van der Waals surface area contributed by atoms with Crippen molar-refractivity contribution in [3.63, 3.8) is 0 Å². The summed E-state index contributed by atoms with van der Waals surface area (Å²) in [4.78, 5) is 27.5. The molecule has 4 N–H and O–H groups in total. The van der Waals surface area contributed by atoms with Gasteiger partial charge in [-0.1, -0.05) is 357 Å². The number of phenolic OH excluding ortho intramolecular Hbond substituents is 3. The third-order valence-corrected chi connectivity index (χ3v) is 25.1. The Balaban J connectivity index is 0.000000159. The number of hydrogen-bond acceptors (Lipinski definition) is 15. The fourth-order valence-corrected chi connectivity index (χ4v) is 16.6. The lowest BCUT2D eigenvalue weighted by molar-refractivity contribution is 0.407. The van der Waals surface area contributed by atoms with Crippen LogP contribution >= 0.6 is 11.6 Å². The van der Waals surface area contributed by atoms with Crippen LogP contribution in [0.1, 0.15) is 273 Å². The summed E-state index contributed by atoms with van der Waals surface area (Å²) in [5.41, 5.74) is 22.4. The second kappa shape index (κ2) is 45.2. The van der Waals surface area contributed by atoms with Gasteiger partial charge in [-0.05, 0) is 216 Å². The Morgan fingerprint density at radius 2 is 0.894 bits per heavy atom. The highest BCUT2D eigenvalue weighted by atomic mass is 35.5. The Labute approximate surface area is 839 Å². The first kappa shape index (κ1) is 107. The molecule has 0 saturated carbocycles. The number of pyridine rings is 2. The van der Waals surface area contributed by atoms with E-state index in [2.05, 4.69) is 292 Å². The smallest absolute Gasteiger partial charge is 0.262 e. The van der Waals surface area contributed by atoms with Crippen LogP contribution in [0.25, 0.3) is 79.0 Å². The Bertz CT molecular complexity index is 7020. The highest BCUT2D eigenvalue weighted by Gasteiger charge is 2.32. The zero-order chi connectivity index (χ0) is 103. The molecular weight excluding hydrogens is 1800 g/mol. The molecule has 16 aromatic rings. The number of aromatic nitrogens is 6. The highest BCUT2D eigenvalue weighted by molar-refractivity contribution is 6.33. The summed E-state index contributed by atoms with van der Waals surface area (Å²) < 4.78 is 71.3. The van der Waals surface area contributed by atoms with Gasteiger partial charge in [0.25, 0.3) is 11.8 Å². The van der Waals surface area contributed by atoms with E-state index >= 15 is 0 Å². The number of aliphatic imine (C=N–C) groups is 2. The number of para-hydroxylation sites is 4. The standard InChI is InChI=1S/C31H34N2O.C25H23ClN2O2.C22H25F4N.C22H26N2O2.C22H24N2O/c1-21(2)24-16-11-17-25(22(3)4)31(24)33-30(23-13-7-6-8-14-23)28-19-12-18-27(32-28)26-15-9-10-20-29(26)34-5;1-15-9-8-12-20(26)21(15)23-27-24(30-28-23)19-14-17(25(2,3)4)13-18(22(19)29)16-10-6-5-7-11-16;1-12-16(23)17(24)18(25)19(26)20(12)27-11-13-8-14(21(2,3)4)10-15(9-13)22(5,6)7;1-21(2,3)15-12-16(18(25)17(13-15)22(4,5)6)19-23-20(26-24-19)14-10-8-7-9-11-14;1-14(2)18-8-6-9-19(15(3)4)22(18)23-13-17-12-11-16-7-5-10-20(25)21(16)24-17/h6-22,30,33H,1-5H3;5-14,29H,1-4H3;8-11H,1-7H3;7-13,25H,1-6H3;5-15,25H,1-4H3. The quantitative estimate of drug-likeness (QED) is 0.0257. The van der Waals surface area contributed by atoms with E-state index < -0.39 is 29.0 Å². The molecule has 0 amide bonds. The molecule has 0 aliphatic heterocycles. The van der Waals surface area contributed by atoms with E-state index in [1.807, 2.05) is 159 Å². The van der Waals surface area contributed by atoms with Crippen LogP contribution in [0.4, 0.5) is 34.6 Å². The van der Waals surface area contributed by atoms with Gasteiger partial charge in [0.2, 0.25) is 11.6 Å². The number of aryl methyl sites for hydroxylation is 1. The minimum atomic E-state index is -1.86. The molecule has 0 saturated heterocycles. The maximum absolute atomic E-state index is 14.0. The lowest BCUT2D eigenvalue weighted by Crippen LogP contribution is -2.17. The maximum Gasteiger partial charge on any atom is 0.262 e. The number of nitrogens with one attached hydrogen (secondary N) is 1. The van der Waals surface area contributed by atoms with Gasteiger partial charge in [-0.2, -0.15) is 9.97 Å². The summed E-state index contributed by atoms with van der Waals surface area (Å²) in [5, 5.41) is 45.7. The molecule has 12 aromatic carbocycles. The third-order valence-electron chi connectivity index (χ3n) is 24.8. The molecule has 4 aromatic heterocycles. The number of fused-ring (bicyclic) bond motifs is 1. The van der Waals surface area contributed by atoms with Crippen LogP contribution in [0.2, 0.25) is 5.02 Å². The number of anilines is 1.